The molecule has 0 heterocycles. The van der Waals surface area contributed by atoms with Gasteiger partial charge in [0.15, 0.2) is 0 Å². The minimum absolute atomic E-state index is 0. The fourth-order valence-corrected chi connectivity index (χ4v) is 1.26. The van der Waals surface area contributed by atoms with Gasteiger partial charge in [0, 0.05) is 16.8 Å². The van der Waals surface area contributed by atoms with Crippen LogP contribution in [0.5, 0.6) is 0 Å². The molecule has 3 nitrogen and oxygen atoms in total. The van der Waals surface area contributed by atoms with Crippen molar-refractivity contribution in [1.82, 2.24) is 0 Å². The van der Waals surface area contributed by atoms with Crippen LogP contribution in [0.4, 0.5) is 0 Å². The Labute approximate surface area is 117 Å². The van der Waals surface area contributed by atoms with Gasteiger partial charge in [0.05, 0.1) is 4.90 Å². The second-order valence-electron chi connectivity index (χ2n) is 2.25. The zero-order valence-corrected chi connectivity index (χ0v) is 11.5. The van der Waals surface area contributed by atoms with Crippen molar-refractivity contribution in [2.75, 3.05) is 0 Å². The summed E-state index contributed by atoms with van der Waals surface area (Å²) in [6.45, 7) is 3.51. The molecule has 0 amide bonds. The van der Waals surface area contributed by atoms with Crippen LogP contribution in [0.25, 0.3) is 6.08 Å². The van der Waals surface area contributed by atoms with Crippen molar-refractivity contribution in [3.8, 4) is 0 Å². The Kier molecular flexibility index (Phi) is 8.14. The van der Waals surface area contributed by atoms with Gasteiger partial charge in [-0.3, -0.25) is 4.55 Å². The third kappa shape index (κ3) is 4.74. The number of benzene rings is 1. The van der Waals surface area contributed by atoms with Crippen molar-refractivity contribution in [2.24, 2.45) is 0 Å². The molecule has 1 radical (unpaired) electrons. The fraction of sp³-hybridized carbons (Fsp3) is 0. The molecule has 0 aromatic heterocycles. The van der Waals surface area contributed by atoms with Gasteiger partial charge in [-0.15, -0.1) is 0 Å². The van der Waals surface area contributed by atoms with E-state index in [4.69, 9.17) is 4.55 Å². The first-order chi connectivity index (χ1) is 5.54. The number of hydrogen-bond donors (Lipinski definition) is 1. The van der Waals surface area contributed by atoms with E-state index in [0.29, 0.717) is 0 Å². The second-order valence-corrected chi connectivity index (χ2v) is 3.67. The Morgan fingerprint density at radius 1 is 1.29 bits per heavy atom. The molecule has 0 bridgehead atoms. The number of hydrogen-bond acceptors (Lipinski definition) is 2. The smallest absolute Gasteiger partial charge is 1.00 e. The molecule has 0 aliphatic heterocycles. The molecule has 1 N–H and O–H groups in total. The van der Waals surface area contributed by atoms with Crippen LogP contribution in [0.3, 0.4) is 0 Å². The first-order valence-electron chi connectivity index (χ1n) is 3.24. The predicted octanol–water partition coefficient (Wildman–Crippen LogP) is -1.31. The van der Waals surface area contributed by atoms with Gasteiger partial charge < -0.3 is 1.43 Å². The van der Waals surface area contributed by atoms with Gasteiger partial charge in [-0.25, -0.2) is 0 Å². The molecule has 75 valence electrons. The molecule has 1 aromatic rings. The minimum atomic E-state index is -4.06. The summed E-state index contributed by atoms with van der Waals surface area (Å²) in [6.07, 6.45) is 1.59. The topological polar surface area (TPSA) is 54.4 Å². The average molecular weight is 267 g/mol. The molecule has 0 spiro atoms. The van der Waals surface area contributed by atoms with Gasteiger partial charge in [-0.2, -0.15) is 8.42 Å². The maximum Gasteiger partial charge on any atom is 1.00 e. The Hall–Kier alpha value is 0.376. The first kappa shape index (κ1) is 16.8. The molecule has 0 saturated carbocycles. The normalized spacial score (nSPS) is 9.50. The molecular formula is C8H9CoNaO3S. The van der Waals surface area contributed by atoms with E-state index in [-0.39, 0.29) is 52.7 Å². The Morgan fingerprint density at radius 3 is 2.00 bits per heavy atom. The average Bonchev–Trinajstić information content (AvgIpc) is 2.03. The SMILES string of the molecule is C=Cc1ccc(S(=O)(=O)O)cc1.[Co].[H-].[Na+]. The molecule has 0 unspecified atom stereocenters. The Bertz CT molecular complexity index is 391. The van der Waals surface area contributed by atoms with Crippen LogP contribution >= 0.6 is 0 Å². The number of rotatable bonds is 2. The first-order valence-corrected chi connectivity index (χ1v) is 4.68. The molecule has 6 heteroatoms. The van der Waals surface area contributed by atoms with Crippen molar-refractivity contribution >= 4 is 16.2 Å². The van der Waals surface area contributed by atoms with Gasteiger partial charge in [0.1, 0.15) is 0 Å². The summed E-state index contributed by atoms with van der Waals surface area (Å²) in [5, 5.41) is 0. The zero-order chi connectivity index (χ0) is 9.19. The van der Waals surface area contributed by atoms with Crippen LogP contribution in [-0.2, 0) is 26.9 Å². The van der Waals surface area contributed by atoms with E-state index in [0.717, 1.165) is 5.56 Å². The van der Waals surface area contributed by atoms with E-state index in [1.165, 1.54) is 12.1 Å². The van der Waals surface area contributed by atoms with Crippen molar-refractivity contribution in [2.45, 2.75) is 4.90 Å². The van der Waals surface area contributed by atoms with Crippen molar-refractivity contribution in [3.05, 3.63) is 36.4 Å². The summed E-state index contributed by atoms with van der Waals surface area (Å²) in [5.74, 6) is 0. The predicted molar refractivity (Wildman–Crippen MR) is 47.5 cm³/mol. The molecule has 1 rings (SSSR count). The summed E-state index contributed by atoms with van der Waals surface area (Å²) < 4.78 is 29.7. The molecule has 1 aromatic carbocycles. The van der Waals surface area contributed by atoms with Crippen LogP contribution in [0, 0.1) is 0 Å². The summed E-state index contributed by atoms with van der Waals surface area (Å²) in [6, 6.07) is 5.78. The van der Waals surface area contributed by atoms with Crippen molar-refractivity contribution in [1.29, 1.82) is 0 Å². The third-order valence-electron chi connectivity index (χ3n) is 1.41. The van der Waals surface area contributed by atoms with Crippen LogP contribution in [0.1, 0.15) is 6.99 Å². The van der Waals surface area contributed by atoms with Gasteiger partial charge in [0.2, 0.25) is 0 Å². The fourth-order valence-electron chi connectivity index (χ4n) is 0.776. The molecule has 0 aliphatic carbocycles. The Balaban J connectivity index is -0.000000480. The standard InChI is InChI=1S/C8H8O3S.Co.Na.H/c1-2-7-3-5-8(6-4-7)12(9,10)11;;;/h2-6H,1H2,(H,9,10,11);;;/q;;+1;-1. The summed E-state index contributed by atoms with van der Waals surface area (Å²) >= 11 is 0. The van der Waals surface area contributed by atoms with E-state index in [1.54, 1.807) is 18.2 Å². The van der Waals surface area contributed by atoms with Crippen LogP contribution in [-0.4, -0.2) is 13.0 Å². The van der Waals surface area contributed by atoms with E-state index in [1.807, 2.05) is 0 Å². The van der Waals surface area contributed by atoms with Crippen LogP contribution < -0.4 is 29.6 Å². The quantitative estimate of drug-likeness (QED) is 0.535. The van der Waals surface area contributed by atoms with E-state index >= 15 is 0 Å². The monoisotopic (exact) mass is 267 g/mol. The molecule has 0 aliphatic rings. The molecule has 0 fully saturated rings. The second kappa shape index (κ2) is 6.79. The van der Waals surface area contributed by atoms with E-state index in [2.05, 4.69) is 6.58 Å². The summed E-state index contributed by atoms with van der Waals surface area (Å²) in [7, 11) is -4.06. The van der Waals surface area contributed by atoms with E-state index < -0.39 is 10.1 Å². The third-order valence-corrected chi connectivity index (χ3v) is 2.28. The van der Waals surface area contributed by atoms with Crippen molar-refractivity contribution < 1.29 is 60.7 Å². The van der Waals surface area contributed by atoms with Gasteiger partial charge >= 0.3 is 29.6 Å². The molecule has 0 atom stereocenters. The van der Waals surface area contributed by atoms with E-state index in [9.17, 15) is 8.42 Å². The van der Waals surface area contributed by atoms with Gasteiger partial charge in [0.25, 0.3) is 10.1 Å². The van der Waals surface area contributed by atoms with Crippen LogP contribution in [0.15, 0.2) is 35.7 Å². The summed E-state index contributed by atoms with van der Waals surface area (Å²) in [4.78, 5) is -0.104. The van der Waals surface area contributed by atoms with Gasteiger partial charge in [-0.1, -0.05) is 24.8 Å². The minimum Gasteiger partial charge on any atom is -1.00 e. The zero-order valence-electron chi connectivity index (χ0n) is 8.60. The van der Waals surface area contributed by atoms with Crippen LogP contribution in [0.2, 0.25) is 0 Å². The maximum absolute atomic E-state index is 10.6. The van der Waals surface area contributed by atoms with Gasteiger partial charge in [-0.05, 0) is 17.7 Å². The Morgan fingerprint density at radius 2 is 1.71 bits per heavy atom. The molecule has 14 heavy (non-hydrogen) atoms. The maximum atomic E-state index is 10.6. The largest absolute Gasteiger partial charge is 1.00 e. The van der Waals surface area contributed by atoms with Crippen molar-refractivity contribution in [3.63, 3.8) is 0 Å². The molecule has 0 saturated heterocycles. The molecular weight excluding hydrogens is 258 g/mol. The summed E-state index contributed by atoms with van der Waals surface area (Å²) in [5.41, 5.74) is 0.808.